The molecule has 2 aliphatic heterocycles. The summed E-state index contributed by atoms with van der Waals surface area (Å²) in [5.74, 6) is 0. The fourth-order valence-corrected chi connectivity index (χ4v) is 3.37. The van der Waals surface area contributed by atoms with E-state index in [-0.39, 0.29) is 6.09 Å². The highest BCUT2D eigenvalue weighted by Crippen LogP contribution is 2.31. The van der Waals surface area contributed by atoms with Crippen LogP contribution < -0.4 is 0 Å². The highest BCUT2D eigenvalue weighted by Gasteiger charge is 2.45. The van der Waals surface area contributed by atoms with E-state index in [1.165, 1.54) is 12.8 Å². The smallest absolute Gasteiger partial charge is 0.410 e. The number of amides is 1. The van der Waals surface area contributed by atoms with Crippen molar-refractivity contribution >= 4 is 22.0 Å². The Bertz CT molecular complexity index is 330. The van der Waals surface area contributed by atoms with Gasteiger partial charge in [-0.3, -0.25) is 4.90 Å². The number of carbonyl (C=O) groups is 1. The first kappa shape index (κ1) is 15.1. The van der Waals surface area contributed by atoms with Crippen LogP contribution in [0, 0.1) is 0 Å². The zero-order valence-corrected chi connectivity index (χ0v) is 13.8. The van der Waals surface area contributed by atoms with Crippen molar-refractivity contribution in [1.29, 1.82) is 0 Å². The predicted molar refractivity (Wildman–Crippen MR) is 79.7 cm³/mol. The molecule has 0 saturated carbocycles. The number of rotatable bonds is 4. The normalized spacial score (nSPS) is 27.1. The second kappa shape index (κ2) is 6.00. The molecule has 0 radical (unpaired) electrons. The Morgan fingerprint density at radius 2 is 2.00 bits per heavy atom. The lowest BCUT2D eigenvalue weighted by Crippen LogP contribution is -2.50. The third kappa shape index (κ3) is 3.85. The molecule has 2 rings (SSSR count). The molecule has 0 spiro atoms. The number of ether oxygens (including phenoxy) is 1. The van der Waals surface area contributed by atoms with Crippen LogP contribution >= 0.6 is 15.9 Å². The molecule has 5 heteroatoms. The molecule has 0 aromatic carbocycles. The Morgan fingerprint density at radius 3 is 2.53 bits per heavy atom. The van der Waals surface area contributed by atoms with E-state index in [1.807, 2.05) is 25.7 Å². The van der Waals surface area contributed by atoms with E-state index in [0.29, 0.717) is 12.1 Å². The lowest BCUT2D eigenvalue weighted by molar-refractivity contribution is 0.0129. The van der Waals surface area contributed by atoms with Crippen LogP contribution in [-0.4, -0.2) is 58.5 Å². The zero-order valence-electron chi connectivity index (χ0n) is 12.2. The molecule has 2 aliphatic rings. The van der Waals surface area contributed by atoms with E-state index in [9.17, 15) is 4.79 Å². The molecule has 110 valence electrons. The summed E-state index contributed by atoms with van der Waals surface area (Å²) >= 11 is 3.47. The maximum Gasteiger partial charge on any atom is 0.410 e. The van der Waals surface area contributed by atoms with Gasteiger partial charge in [0.05, 0.1) is 0 Å². The Labute approximate surface area is 124 Å². The van der Waals surface area contributed by atoms with E-state index in [2.05, 4.69) is 20.8 Å². The molecule has 0 N–H and O–H groups in total. The molecule has 4 nitrogen and oxygen atoms in total. The van der Waals surface area contributed by atoms with Crippen molar-refractivity contribution in [3.8, 4) is 0 Å². The average molecular weight is 333 g/mol. The molecule has 1 amide bonds. The van der Waals surface area contributed by atoms with Gasteiger partial charge in [-0.25, -0.2) is 4.79 Å². The molecule has 2 heterocycles. The maximum absolute atomic E-state index is 12.1. The van der Waals surface area contributed by atoms with Gasteiger partial charge in [0.1, 0.15) is 5.60 Å². The SMILES string of the molecule is CC(C)(C)OC(=O)N1CC2CC1CN2CCCCBr. The second-order valence-corrected chi connectivity index (χ2v) is 7.36. The minimum Gasteiger partial charge on any atom is -0.444 e. The van der Waals surface area contributed by atoms with E-state index in [0.717, 1.165) is 31.4 Å². The first-order valence-corrected chi connectivity index (χ1v) is 8.32. The topological polar surface area (TPSA) is 32.8 Å². The monoisotopic (exact) mass is 332 g/mol. The van der Waals surface area contributed by atoms with Crippen molar-refractivity contribution in [3.05, 3.63) is 0 Å². The molecule has 2 unspecified atom stereocenters. The summed E-state index contributed by atoms with van der Waals surface area (Å²) in [4.78, 5) is 16.6. The second-order valence-electron chi connectivity index (χ2n) is 6.57. The van der Waals surface area contributed by atoms with Crippen LogP contribution in [0.3, 0.4) is 0 Å². The predicted octanol–water partition coefficient (Wildman–Crippen LogP) is 2.86. The van der Waals surface area contributed by atoms with Crippen molar-refractivity contribution < 1.29 is 9.53 Å². The van der Waals surface area contributed by atoms with Crippen LogP contribution in [0.2, 0.25) is 0 Å². The van der Waals surface area contributed by atoms with Gasteiger partial charge in [0.25, 0.3) is 0 Å². The third-order valence-electron chi connectivity index (χ3n) is 3.81. The fourth-order valence-electron chi connectivity index (χ4n) is 2.98. The number of fused-ring (bicyclic) bond motifs is 2. The van der Waals surface area contributed by atoms with E-state index >= 15 is 0 Å². The van der Waals surface area contributed by atoms with Crippen molar-refractivity contribution in [2.45, 2.75) is 57.7 Å². The van der Waals surface area contributed by atoms with Crippen LogP contribution in [0.5, 0.6) is 0 Å². The highest BCUT2D eigenvalue weighted by atomic mass is 79.9. The Balaban J connectivity index is 1.80. The van der Waals surface area contributed by atoms with Gasteiger partial charge in [-0.1, -0.05) is 15.9 Å². The standard InChI is InChI=1S/C14H25BrN2O2/c1-14(2,3)19-13(18)17-10-11-8-12(17)9-16(11)7-5-4-6-15/h11-12H,4-10H2,1-3H3. The van der Waals surface area contributed by atoms with Crippen molar-refractivity contribution in [1.82, 2.24) is 9.80 Å². The summed E-state index contributed by atoms with van der Waals surface area (Å²) < 4.78 is 5.47. The number of alkyl halides is 1. The van der Waals surface area contributed by atoms with Gasteiger partial charge in [-0.2, -0.15) is 0 Å². The van der Waals surface area contributed by atoms with Gasteiger partial charge in [-0.15, -0.1) is 0 Å². The van der Waals surface area contributed by atoms with Gasteiger partial charge in [0.15, 0.2) is 0 Å². The highest BCUT2D eigenvalue weighted by molar-refractivity contribution is 9.09. The summed E-state index contributed by atoms with van der Waals surface area (Å²) in [7, 11) is 0. The van der Waals surface area contributed by atoms with Crippen molar-refractivity contribution in [2.24, 2.45) is 0 Å². The van der Waals surface area contributed by atoms with Crippen molar-refractivity contribution in [3.63, 3.8) is 0 Å². The number of hydrogen-bond donors (Lipinski definition) is 0. The number of piperazine rings is 1. The number of unbranched alkanes of at least 4 members (excludes halogenated alkanes) is 1. The molecule has 2 atom stereocenters. The number of hydrogen-bond acceptors (Lipinski definition) is 3. The number of halogens is 1. The van der Waals surface area contributed by atoms with Crippen LogP contribution in [0.25, 0.3) is 0 Å². The largest absolute Gasteiger partial charge is 0.444 e. The molecule has 19 heavy (non-hydrogen) atoms. The first-order valence-electron chi connectivity index (χ1n) is 7.20. The van der Waals surface area contributed by atoms with Gasteiger partial charge in [0.2, 0.25) is 0 Å². The zero-order chi connectivity index (χ0) is 14.0. The average Bonchev–Trinajstić information content (AvgIpc) is 2.86. The molecular formula is C14H25BrN2O2. The fraction of sp³-hybridized carbons (Fsp3) is 0.929. The van der Waals surface area contributed by atoms with E-state index in [1.54, 1.807) is 0 Å². The third-order valence-corrected chi connectivity index (χ3v) is 4.37. The molecule has 2 saturated heterocycles. The summed E-state index contributed by atoms with van der Waals surface area (Å²) in [5.41, 5.74) is -0.394. The van der Waals surface area contributed by atoms with Crippen LogP contribution in [-0.2, 0) is 4.74 Å². The molecule has 2 fully saturated rings. The van der Waals surface area contributed by atoms with Crippen LogP contribution in [0.1, 0.15) is 40.0 Å². The minimum absolute atomic E-state index is 0.139. The lowest BCUT2D eigenvalue weighted by Gasteiger charge is -2.35. The minimum atomic E-state index is -0.394. The molecular weight excluding hydrogens is 308 g/mol. The van der Waals surface area contributed by atoms with Crippen molar-refractivity contribution in [2.75, 3.05) is 25.0 Å². The van der Waals surface area contributed by atoms with Gasteiger partial charge >= 0.3 is 6.09 Å². The summed E-state index contributed by atoms with van der Waals surface area (Å²) in [5, 5.41) is 1.08. The maximum atomic E-state index is 12.1. The van der Waals surface area contributed by atoms with Crippen LogP contribution in [0.4, 0.5) is 4.79 Å². The number of nitrogens with zero attached hydrogens (tertiary/aromatic N) is 2. The van der Waals surface area contributed by atoms with Gasteiger partial charge in [-0.05, 0) is 46.6 Å². The summed E-state index contributed by atoms with van der Waals surface area (Å²) in [6.45, 7) is 8.79. The van der Waals surface area contributed by atoms with E-state index in [4.69, 9.17) is 4.74 Å². The Hall–Kier alpha value is -0.290. The quantitative estimate of drug-likeness (QED) is 0.586. The Kier molecular flexibility index (Phi) is 4.77. The van der Waals surface area contributed by atoms with Crippen LogP contribution in [0.15, 0.2) is 0 Å². The molecule has 0 aromatic heterocycles. The van der Waals surface area contributed by atoms with E-state index < -0.39 is 5.60 Å². The Morgan fingerprint density at radius 1 is 1.26 bits per heavy atom. The summed E-state index contributed by atoms with van der Waals surface area (Å²) in [6, 6.07) is 0.914. The molecule has 0 aliphatic carbocycles. The number of likely N-dealkylation sites (tertiary alicyclic amines) is 2. The van der Waals surface area contributed by atoms with Gasteiger partial charge < -0.3 is 9.64 Å². The summed E-state index contributed by atoms with van der Waals surface area (Å²) in [6.07, 6.45) is 3.44. The van der Waals surface area contributed by atoms with Gasteiger partial charge in [0, 0.05) is 30.5 Å². The molecule has 2 bridgehead atoms. The number of carbonyl (C=O) groups excluding carboxylic acids is 1. The first-order chi connectivity index (χ1) is 8.90. The molecule has 0 aromatic rings. The lowest BCUT2D eigenvalue weighted by atomic mass is 10.2.